The predicted octanol–water partition coefficient (Wildman–Crippen LogP) is 7.80. The zero-order chi connectivity index (χ0) is 24.2. The number of aromatic nitrogens is 1. The summed E-state index contributed by atoms with van der Waals surface area (Å²) in [4.78, 5) is 4.35. The van der Waals surface area contributed by atoms with Crippen LogP contribution in [-0.4, -0.2) is 17.3 Å². The molecule has 0 fully saturated rings. The molecule has 1 unspecified atom stereocenters. The maximum absolute atomic E-state index is 12.4. The van der Waals surface area contributed by atoms with E-state index in [1.165, 1.54) is 12.1 Å². The van der Waals surface area contributed by atoms with Gasteiger partial charge in [0.05, 0.1) is 18.2 Å². The highest BCUT2D eigenvalue weighted by Gasteiger charge is 2.27. The highest BCUT2D eigenvalue weighted by molar-refractivity contribution is 5.62. The van der Waals surface area contributed by atoms with Gasteiger partial charge in [-0.05, 0) is 36.6 Å². The Morgan fingerprint density at radius 2 is 1.48 bits per heavy atom. The van der Waals surface area contributed by atoms with Gasteiger partial charge in [0.25, 0.3) is 0 Å². The molecule has 2 aromatic rings. The van der Waals surface area contributed by atoms with Crippen LogP contribution in [0.1, 0.15) is 62.5 Å². The predicted molar refractivity (Wildman–Crippen MR) is 113 cm³/mol. The maximum atomic E-state index is 12.4. The molecular formula is C23H30F6N2. The Morgan fingerprint density at radius 1 is 0.968 bits per heavy atom. The molecular weight excluding hydrogens is 418 g/mol. The van der Waals surface area contributed by atoms with Gasteiger partial charge in [-0.15, -0.1) is 0 Å². The molecule has 1 heterocycles. The van der Waals surface area contributed by atoms with Gasteiger partial charge in [0.15, 0.2) is 0 Å². The molecule has 0 aliphatic heterocycles. The van der Waals surface area contributed by atoms with Crippen LogP contribution in [0.25, 0.3) is 5.70 Å². The van der Waals surface area contributed by atoms with E-state index in [0.29, 0.717) is 5.70 Å². The minimum absolute atomic E-state index is 0.0436. The van der Waals surface area contributed by atoms with Crippen LogP contribution in [0.5, 0.6) is 0 Å². The fourth-order valence-electron chi connectivity index (χ4n) is 2.21. The van der Waals surface area contributed by atoms with E-state index < -0.39 is 25.2 Å². The average Bonchev–Trinajstić information content (AvgIpc) is 2.69. The standard InChI is InChI=1S/C18H19F3N2.C3H5F3.C2H6/c1-12-4-9-17(22-11-12)14(3)23-13(2)16-7-5-15(6-8-16)10-18(19,20)21;1-2-3(4,5)6;1-2/h4-9,11,14,23H,2,10H2,1,3H3;2H2,1H3;1-2H3. The second kappa shape index (κ2) is 13.0. The van der Waals surface area contributed by atoms with Crippen molar-refractivity contribution in [3.63, 3.8) is 0 Å². The van der Waals surface area contributed by atoms with Crippen molar-refractivity contribution in [3.05, 3.63) is 71.6 Å². The first-order valence-electron chi connectivity index (χ1n) is 9.91. The lowest BCUT2D eigenvalue weighted by Crippen LogP contribution is -2.17. The van der Waals surface area contributed by atoms with Crippen LogP contribution in [0.15, 0.2) is 49.2 Å². The van der Waals surface area contributed by atoms with Crippen molar-refractivity contribution in [2.75, 3.05) is 0 Å². The Kier molecular flexibility index (Phi) is 12.0. The molecule has 174 valence electrons. The molecule has 2 rings (SSSR count). The maximum Gasteiger partial charge on any atom is 0.393 e. The Balaban J connectivity index is 0.000000970. The third kappa shape index (κ3) is 12.7. The number of pyridine rings is 1. The summed E-state index contributed by atoms with van der Waals surface area (Å²) in [5.74, 6) is 0. The van der Waals surface area contributed by atoms with Gasteiger partial charge in [-0.25, -0.2) is 0 Å². The number of nitrogens with one attached hydrogen (secondary N) is 1. The van der Waals surface area contributed by atoms with Gasteiger partial charge in [-0.2, -0.15) is 26.3 Å². The van der Waals surface area contributed by atoms with Crippen molar-refractivity contribution < 1.29 is 26.3 Å². The molecule has 1 aromatic heterocycles. The van der Waals surface area contributed by atoms with E-state index in [4.69, 9.17) is 0 Å². The average molecular weight is 448 g/mol. The molecule has 0 saturated carbocycles. The van der Waals surface area contributed by atoms with Gasteiger partial charge in [0.1, 0.15) is 0 Å². The molecule has 0 aliphatic rings. The zero-order valence-corrected chi connectivity index (χ0v) is 18.5. The monoisotopic (exact) mass is 448 g/mol. The van der Waals surface area contributed by atoms with Gasteiger partial charge < -0.3 is 5.32 Å². The molecule has 1 atom stereocenters. The number of alkyl halides is 6. The second-order valence-electron chi connectivity index (χ2n) is 6.56. The number of benzene rings is 1. The van der Waals surface area contributed by atoms with Gasteiger partial charge in [0, 0.05) is 18.3 Å². The van der Waals surface area contributed by atoms with Crippen LogP contribution in [0, 0.1) is 6.92 Å². The van der Waals surface area contributed by atoms with E-state index in [0.717, 1.165) is 23.7 Å². The van der Waals surface area contributed by atoms with E-state index in [1.54, 1.807) is 18.3 Å². The lowest BCUT2D eigenvalue weighted by Gasteiger charge is -2.17. The first-order chi connectivity index (χ1) is 14.3. The lowest BCUT2D eigenvalue weighted by atomic mass is 10.1. The molecule has 0 radical (unpaired) electrons. The van der Waals surface area contributed by atoms with Crippen LogP contribution in [0.3, 0.4) is 0 Å². The molecule has 31 heavy (non-hydrogen) atoms. The van der Waals surface area contributed by atoms with Crippen molar-refractivity contribution >= 4 is 5.70 Å². The van der Waals surface area contributed by atoms with Crippen LogP contribution in [0.2, 0.25) is 0 Å². The van der Waals surface area contributed by atoms with E-state index in [2.05, 4.69) is 16.9 Å². The Bertz CT molecular complexity index is 763. The quantitative estimate of drug-likeness (QED) is 0.472. The molecule has 1 N–H and O–H groups in total. The first-order valence-corrected chi connectivity index (χ1v) is 9.91. The van der Waals surface area contributed by atoms with Crippen LogP contribution in [0.4, 0.5) is 26.3 Å². The number of nitrogens with zero attached hydrogens (tertiary/aromatic N) is 1. The Morgan fingerprint density at radius 3 is 1.87 bits per heavy atom. The van der Waals surface area contributed by atoms with Crippen molar-refractivity contribution in [1.82, 2.24) is 10.3 Å². The Labute approximate surface area is 180 Å². The summed E-state index contributed by atoms with van der Waals surface area (Å²) >= 11 is 0. The molecule has 0 aliphatic carbocycles. The second-order valence-corrected chi connectivity index (χ2v) is 6.56. The summed E-state index contributed by atoms with van der Waals surface area (Å²) in [5.41, 5.74) is 3.61. The summed E-state index contributed by atoms with van der Waals surface area (Å²) in [6.45, 7) is 13.0. The third-order valence-corrected chi connectivity index (χ3v) is 3.88. The highest BCUT2D eigenvalue weighted by Crippen LogP contribution is 2.23. The molecule has 0 saturated heterocycles. The molecule has 0 bridgehead atoms. The van der Waals surface area contributed by atoms with Crippen molar-refractivity contribution in [2.24, 2.45) is 0 Å². The number of rotatable bonds is 5. The summed E-state index contributed by atoms with van der Waals surface area (Å²) in [7, 11) is 0. The van der Waals surface area contributed by atoms with Crippen LogP contribution in [-0.2, 0) is 6.42 Å². The summed E-state index contributed by atoms with van der Waals surface area (Å²) in [6.07, 6.45) is -8.01. The lowest BCUT2D eigenvalue weighted by molar-refractivity contribution is -0.130. The number of aryl methyl sites for hydroxylation is 1. The fourth-order valence-corrected chi connectivity index (χ4v) is 2.21. The minimum atomic E-state index is -4.19. The van der Waals surface area contributed by atoms with Gasteiger partial charge in [-0.3, -0.25) is 4.98 Å². The molecule has 2 nitrogen and oxygen atoms in total. The van der Waals surface area contributed by atoms with Crippen molar-refractivity contribution in [3.8, 4) is 0 Å². The highest BCUT2D eigenvalue weighted by atomic mass is 19.4. The van der Waals surface area contributed by atoms with E-state index in [1.807, 2.05) is 39.8 Å². The van der Waals surface area contributed by atoms with Crippen LogP contribution < -0.4 is 5.32 Å². The summed E-state index contributed by atoms with van der Waals surface area (Å²) in [6, 6.07) is 10.1. The minimum Gasteiger partial charge on any atom is -0.377 e. The van der Waals surface area contributed by atoms with Gasteiger partial charge >= 0.3 is 12.4 Å². The normalized spacial score (nSPS) is 12.0. The van der Waals surface area contributed by atoms with Crippen molar-refractivity contribution in [2.45, 2.75) is 65.9 Å². The topological polar surface area (TPSA) is 24.9 Å². The molecule has 1 aromatic carbocycles. The van der Waals surface area contributed by atoms with Crippen LogP contribution >= 0.6 is 0 Å². The van der Waals surface area contributed by atoms with E-state index in [9.17, 15) is 26.3 Å². The summed E-state index contributed by atoms with van der Waals surface area (Å²) < 4.78 is 69.4. The molecule has 0 spiro atoms. The summed E-state index contributed by atoms with van der Waals surface area (Å²) in [5, 5.41) is 3.22. The molecule has 0 amide bonds. The van der Waals surface area contributed by atoms with Crippen molar-refractivity contribution in [1.29, 1.82) is 0 Å². The zero-order valence-electron chi connectivity index (χ0n) is 18.5. The number of hydrogen-bond acceptors (Lipinski definition) is 2. The smallest absolute Gasteiger partial charge is 0.377 e. The third-order valence-electron chi connectivity index (χ3n) is 3.88. The SMILES string of the molecule is C=C(NC(C)c1ccc(C)cn1)c1ccc(CC(F)(F)F)cc1.CC.CCC(F)(F)F. The van der Waals surface area contributed by atoms with E-state index in [-0.39, 0.29) is 11.6 Å². The number of halogens is 6. The fraction of sp³-hybridized carbons (Fsp3) is 0.435. The first kappa shape index (κ1) is 28.5. The van der Waals surface area contributed by atoms with Gasteiger partial charge in [0.2, 0.25) is 0 Å². The number of hydrogen-bond donors (Lipinski definition) is 1. The molecule has 8 heteroatoms. The largest absolute Gasteiger partial charge is 0.393 e. The van der Waals surface area contributed by atoms with Gasteiger partial charge in [-0.1, -0.05) is 57.7 Å². The van der Waals surface area contributed by atoms with E-state index >= 15 is 0 Å². The Hall–Kier alpha value is -2.51.